The summed E-state index contributed by atoms with van der Waals surface area (Å²) in [5.41, 5.74) is 2.80. The first-order valence-corrected chi connectivity index (χ1v) is 10.6. The second-order valence-corrected chi connectivity index (χ2v) is 8.63. The van der Waals surface area contributed by atoms with Crippen molar-refractivity contribution in [3.63, 3.8) is 0 Å². The molecule has 0 fully saturated rings. The van der Waals surface area contributed by atoms with Crippen LogP contribution in [0.3, 0.4) is 0 Å². The Morgan fingerprint density at radius 2 is 1.97 bits per heavy atom. The predicted molar refractivity (Wildman–Crippen MR) is 117 cm³/mol. The number of amides is 1. The zero-order chi connectivity index (χ0) is 23.3. The van der Waals surface area contributed by atoms with Gasteiger partial charge in [0, 0.05) is 42.9 Å². The van der Waals surface area contributed by atoms with Crippen molar-refractivity contribution in [3.05, 3.63) is 94.9 Å². The van der Waals surface area contributed by atoms with Crippen LogP contribution >= 0.6 is 0 Å². The van der Waals surface area contributed by atoms with Crippen molar-refractivity contribution in [1.82, 2.24) is 19.8 Å². The molecule has 2 atom stereocenters. The average Bonchev–Trinajstić information content (AvgIpc) is 3.46. The molecule has 6 nitrogen and oxygen atoms in total. The minimum Gasteiger partial charge on any atom is -0.355 e. The lowest BCUT2D eigenvalue weighted by Gasteiger charge is -2.45. The van der Waals surface area contributed by atoms with Crippen molar-refractivity contribution >= 4 is 5.91 Å². The van der Waals surface area contributed by atoms with Crippen molar-refractivity contribution in [2.75, 3.05) is 6.54 Å². The molecule has 0 saturated heterocycles. The van der Waals surface area contributed by atoms with Crippen LogP contribution in [0, 0.1) is 11.6 Å². The molecule has 0 radical (unpaired) electrons. The maximum absolute atomic E-state index is 14.2. The molecule has 1 amide bonds. The van der Waals surface area contributed by atoms with Gasteiger partial charge in [0.1, 0.15) is 11.6 Å². The molecule has 0 unspecified atom stereocenters. The summed E-state index contributed by atoms with van der Waals surface area (Å²) in [5, 5.41) is 8.24. The largest absolute Gasteiger partial charge is 0.355 e. The lowest BCUT2D eigenvalue weighted by atomic mass is 9.71. The number of halogens is 2. The van der Waals surface area contributed by atoms with Crippen LogP contribution in [0.15, 0.2) is 65.4 Å². The Morgan fingerprint density at radius 3 is 2.70 bits per heavy atom. The van der Waals surface area contributed by atoms with E-state index in [1.807, 2.05) is 44.6 Å². The van der Waals surface area contributed by atoms with Crippen LogP contribution < -0.4 is 0 Å². The van der Waals surface area contributed by atoms with E-state index in [4.69, 9.17) is 4.52 Å². The third-order valence-electron chi connectivity index (χ3n) is 6.49. The first kappa shape index (κ1) is 21.1. The molecule has 2 aromatic heterocycles. The fraction of sp³-hybridized carbons (Fsp3) is 0.240. The highest BCUT2D eigenvalue weighted by molar-refractivity contribution is 5.94. The average molecular weight is 448 g/mol. The number of benzene rings is 2. The number of carbonyl (C=O) groups is 1. The molecule has 0 spiro atoms. The Kier molecular flexibility index (Phi) is 4.88. The number of aromatic nitrogens is 3. The van der Waals surface area contributed by atoms with Gasteiger partial charge in [-0.1, -0.05) is 29.4 Å². The Balaban J connectivity index is 1.53. The minimum absolute atomic E-state index is 0.0418. The standard InChI is InChI=1S/C25H22F2N4O2/c1-15-18-6-4-5-7-20(18)25(2,16-12-28-30(3)13-16)14-31(15)24(32)22-11-23(33-29-22)19-9-8-17(26)10-21(19)27/h4-13,15H,14H2,1-3H3/t15-,25-/m0/s1. The molecule has 2 aromatic carbocycles. The van der Waals surface area contributed by atoms with Crippen molar-refractivity contribution in [2.45, 2.75) is 25.3 Å². The maximum atomic E-state index is 14.2. The molecule has 8 heteroatoms. The second-order valence-electron chi connectivity index (χ2n) is 8.63. The molecule has 0 saturated carbocycles. The summed E-state index contributed by atoms with van der Waals surface area (Å²) in [6.07, 6.45) is 3.78. The number of nitrogens with zero attached hydrogens (tertiary/aromatic N) is 4. The third-order valence-corrected chi connectivity index (χ3v) is 6.49. The number of fused-ring (bicyclic) bond motifs is 1. The van der Waals surface area contributed by atoms with E-state index in [-0.39, 0.29) is 29.0 Å². The van der Waals surface area contributed by atoms with Crippen LogP contribution in [0.2, 0.25) is 0 Å². The fourth-order valence-corrected chi connectivity index (χ4v) is 4.63. The molecule has 168 valence electrons. The van der Waals surface area contributed by atoms with E-state index in [1.54, 1.807) is 9.58 Å². The minimum atomic E-state index is -0.783. The van der Waals surface area contributed by atoms with Gasteiger partial charge in [0.15, 0.2) is 11.5 Å². The lowest BCUT2D eigenvalue weighted by Crippen LogP contribution is -2.49. The van der Waals surface area contributed by atoms with Gasteiger partial charge in [0.05, 0.1) is 17.8 Å². The fourth-order valence-electron chi connectivity index (χ4n) is 4.63. The van der Waals surface area contributed by atoms with Gasteiger partial charge < -0.3 is 9.42 Å². The number of hydrogen-bond acceptors (Lipinski definition) is 4. The van der Waals surface area contributed by atoms with E-state index in [9.17, 15) is 13.6 Å². The molecule has 5 rings (SSSR count). The van der Waals surface area contributed by atoms with Gasteiger partial charge in [-0.15, -0.1) is 0 Å². The third kappa shape index (κ3) is 3.42. The summed E-state index contributed by atoms with van der Waals surface area (Å²) < 4.78 is 34.5. The Labute approximate surface area is 189 Å². The summed E-state index contributed by atoms with van der Waals surface area (Å²) in [6.45, 7) is 4.47. The number of aryl methyl sites for hydroxylation is 1. The van der Waals surface area contributed by atoms with E-state index in [0.717, 1.165) is 28.8 Å². The molecular weight excluding hydrogens is 426 g/mol. The Hall–Kier alpha value is -3.81. The van der Waals surface area contributed by atoms with E-state index < -0.39 is 17.0 Å². The van der Waals surface area contributed by atoms with Gasteiger partial charge in [0.2, 0.25) is 0 Å². The summed E-state index contributed by atoms with van der Waals surface area (Å²) in [7, 11) is 1.86. The molecule has 4 aromatic rings. The highest BCUT2D eigenvalue weighted by atomic mass is 19.1. The normalized spacial score (nSPS) is 20.0. The lowest BCUT2D eigenvalue weighted by molar-refractivity contribution is 0.0616. The van der Waals surface area contributed by atoms with Crippen molar-refractivity contribution < 1.29 is 18.1 Å². The highest BCUT2D eigenvalue weighted by Crippen LogP contribution is 2.44. The van der Waals surface area contributed by atoms with Crippen LogP contribution in [0.4, 0.5) is 8.78 Å². The van der Waals surface area contributed by atoms with Crippen LogP contribution in [0.1, 0.15) is 47.1 Å². The highest BCUT2D eigenvalue weighted by Gasteiger charge is 2.43. The van der Waals surface area contributed by atoms with Gasteiger partial charge in [-0.05, 0) is 37.1 Å². The predicted octanol–water partition coefficient (Wildman–Crippen LogP) is 4.88. The van der Waals surface area contributed by atoms with Crippen molar-refractivity contribution in [3.8, 4) is 11.3 Å². The SMILES string of the molecule is C[C@H]1c2ccccc2[C@](C)(c2cnn(C)c2)CN1C(=O)c1cc(-c2ccc(F)cc2F)on1. The van der Waals surface area contributed by atoms with Crippen LogP contribution in [0.5, 0.6) is 0 Å². The molecule has 1 aliphatic rings. The maximum Gasteiger partial charge on any atom is 0.276 e. The molecule has 0 N–H and O–H groups in total. The van der Waals surface area contributed by atoms with Crippen LogP contribution in [-0.4, -0.2) is 32.3 Å². The molecular formula is C25H22F2N4O2. The topological polar surface area (TPSA) is 64.2 Å². The Bertz CT molecular complexity index is 1360. The van der Waals surface area contributed by atoms with E-state index in [2.05, 4.69) is 23.2 Å². The van der Waals surface area contributed by atoms with E-state index in [1.165, 1.54) is 12.1 Å². The van der Waals surface area contributed by atoms with Gasteiger partial charge in [-0.2, -0.15) is 5.10 Å². The quantitative estimate of drug-likeness (QED) is 0.448. The molecule has 1 aliphatic heterocycles. The van der Waals surface area contributed by atoms with Gasteiger partial charge in [-0.3, -0.25) is 9.48 Å². The summed E-state index contributed by atoms with van der Waals surface area (Å²) in [6, 6.07) is 12.4. The number of rotatable bonds is 3. The van der Waals surface area contributed by atoms with E-state index in [0.29, 0.717) is 6.54 Å². The molecule has 3 heterocycles. The van der Waals surface area contributed by atoms with E-state index >= 15 is 0 Å². The first-order chi connectivity index (χ1) is 15.8. The summed E-state index contributed by atoms with van der Waals surface area (Å²) >= 11 is 0. The molecule has 33 heavy (non-hydrogen) atoms. The van der Waals surface area contributed by atoms with Crippen LogP contribution in [-0.2, 0) is 12.5 Å². The van der Waals surface area contributed by atoms with Crippen LogP contribution in [0.25, 0.3) is 11.3 Å². The van der Waals surface area contributed by atoms with Crippen molar-refractivity contribution in [1.29, 1.82) is 0 Å². The first-order valence-electron chi connectivity index (χ1n) is 10.6. The zero-order valence-corrected chi connectivity index (χ0v) is 18.4. The second kappa shape index (κ2) is 7.65. The molecule has 0 bridgehead atoms. The smallest absolute Gasteiger partial charge is 0.276 e. The summed E-state index contributed by atoms with van der Waals surface area (Å²) in [4.78, 5) is 15.3. The Morgan fingerprint density at radius 1 is 1.18 bits per heavy atom. The number of carbonyl (C=O) groups excluding carboxylic acids is 1. The van der Waals surface area contributed by atoms with Crippen molar-refractivity contribution in [2.24, 2.45) is 7.05 Å². The number of hydrogen-bond donors (Lipinski definition) is 0. The molecule has 0 aliphatic carbocycles. The zero-order valence-electron chi connectivity index (χ0n) is 18.4. The van der Waals surface area contributed by atoms with Gasteiger partial charge >= 0.3 is 0 Å². The van der Waals surface area contributed by atoms with Gasteiger partial charge in [0.25, 0.3) is 5.91 Å². The monoisotopic (exact) mass is 448 g/mol. The van der Waals surface area contributed by atoms with Gasteiger partial charge in [-0.25, -0.2) is 8.78 Å². The summed E-state index contributed by atoms with van der Waals surface area (Å²) in [5.74, 6) is -1.74.